The Labute approximate surface area is 173 Å². The maximum atomic E-state index is 13.5. The Hall–Kier alpha value is -3.03. The molecular weight excluding hydrogens is 415 g/mol. The number of nitrogens with zero attached hydrogens (tertiary/aromatic N) is 2. The summed E-state index contributed by atoms with van der Waals surface area (Å²) < 4.78 is 19.4. The molecule has 1 unspecified atom stereocenters. The second kappa shape index (κ2) is 6.50. The molecule has 0 bridgehead atoms. The van der Waals surface area contributed by atoms with Gasteiger partial charge in [0.2, 0.25) is 5.76 Å². The maximum absolute atomic E-state index is 13.5. The molecule has 2 aromatic heterocycles. The fourth-order valence-electron chi connectivity index (χ4n) is 3.56. The fraction of sp³-hybridized carbons (Fsp3) is 0.0952. The van der Waals surface area contributed by atoms with Crippen molar-refractivity contribution in [2.24, 2.45) is 0 Å². The van der Waals surface area contributed by atoms with Crippen molar-refractivity contribution < 1.29 is 13.6 Å². The van der Waals surface area contributed by atoms with E-state index in [-0.39, 0.29) is 27.7 Å². The number of anilines is 1. The topological polar surface area (TPSA) is 63.4 Å². The number of amides is 1. The molecule has 0 fully saturated rings. The molecule has 0 saturated carbocycles. The van der Waals surface area contributed by atoms with Crippen LogP contribution in [0.2, 0.25) is 5.02 Å². The highest BCUT2D eigenvalue weighted by Crippen LogP contribution is 2.42. The zero-order valence-corrected chi connectivity index (χ0v) is 16.6. The Kier molecular flexibility index (Phi) is 4.04. The van der Waals surface area contributed by atoms with Crippen LogP contribution in [-0.2, 0) is 0 Å². The van der Waals surface area contributed by atoms with Crippen molar-refractivity contribution >= 4 is 44.9 Å². The third-order valence-corrected chi connectivity index (χ3v) is 6.02. The quantitative estimate of drug-likeness (QED) is 0.447. The predicted octanol–water partition coefficient (Wildman–Crippen LogP) is 5.10. The van der Waals surface area contributed by atoms with Crippen LogP contribution in [0.3, 0.4) is 0 Å². The van der Waals surface area contributed by atoms with Gasteiger partial charge in [-0.05, 0) is 42.8 Å². The molecule has 0 N–H and O–H groups in total. The van der Waals surface area contributed by atoms with E-state index in [2.05, 4.69) is 4.98 Å². The van der Waals surface area contributed by atoms with Crippen LogP contribution in [0.1, 0.15) is 33.4 Å². The molecule has 1 amide bonds. The SMILES string of the molecule is Cc1csc(N2C(=O)c3oc4ccc(Cl)cc4c(=O)c3C2c2ccc(F)cc2)n1. The molecule has 144 valence electrons. The second-order valence-electron chi connectivity index (χ2n) is 6.72. The van der Waals surface area contributed by atoms with Crippen molar-refractivity contribution in [1.29, 1.82) is 0 Å². The molecule has 2 aromatic carbocycles. The number of halogens is 2. The van der Waals surface area contributed by atoms with Gasteiger partial charge in [0.05, 0.1) is 22.7 Å². The van der Waals surface area contributed by atoms with Crippen LogP contribution < -0.4 is 10.3 Å². The summed E-state index contributed by atoms with van der Waals surface area (Å²) in [6.45, 7) is 1.82. The number of carbonyl (C=O) groups is 1. The van der Waals surface area contributed by atoms with E-state index in [1.54, 1.807) is 24.3 Å². The molecule has 5 nitrogen and oxygen atoms in total. The Bertz CT molecular complexity index is 1350. The van der Waals surface area contributed by atoms with Crippen LogP contribution in [0.15, 0.2) is 57.1 Å². The van der Waals surface area contributed by atoms with E-state index in [1.165, 1.54) is 34.4 Å². The van der Waals surface area contributed by atoms with Crippen molar-refractivity contribution in [3.63, 3.8) is 0 Å². The zero-order chi connectivity index (χ0) is 20.3. The molecular formula is C21H12ClFN2O3S. The van der Waals surface area contributed by atoms with Gasteiger partial charge in [0.25, 0.3) is 5.91 Å². The van der Waals surface area contributed by atoms with Gasteiger partial charge in [0.1, 0.15) is 11.4 Å². The minimum atomic E-state index is -0.775. The summed E-state index contributed by atoms with van der Waals surface area (Å²) in [5, 5.41) is 2.93. The highest BCUT2D eigenvalue weighted by molar-refractivity contribution is 7.14. The van der Waals surface area contributed by atoms with Gasteiger partial charge in [-0.1, -0.05) is 23.7 Å². The molecule has 8 heteroatoms. The van der Waals surface area contributed by atoms with E-state index < -0.39 is 17.8 Å². The Balaban J connectivity index is 1.83. The number of fused-ring (bicyclic) bond motifs is 2. The summed E-state index contributed by atoms with van der Waals surface area (Å²) in [6, 6.07) is 9.60. The summed E-state index contributed by atoms with van der Waals surface area (Å²) in [4.78, 5) is 32.5. The van der Waals surface area contributed by atoms with Gasteiger partial charge in [0, 0.05) is 10.4 Å². The molecule has 5 rings (SSSR count). The number of hydrogen-bond acceptors (Lipinski definition) is 5. The molecule has 0 spiro atoms. The standard InChI is InChI=1S/C21H12ClFN2O3S/c1-10-9-29-21(24-10)25-17(11-2-5-13(23)6-3-11)16-18(26)14-8-12(22)4-7-15(14)28-19(16)20(25)27/h2-9,17H,1H3. The Morgan fingerprint density at radius 3 is 2.62 bits per heavy atom. The van der Waals surface area contributed by atoms with Gasteiger partial charge >= 0.3 is 0 Å². The Morgan fingerprint density at radius 1 is 1.17 bits per heavy atom. The van der Waals surface area contributed by atoms with Crippen molar-refractivity contribution in [2.75, 3.05) is 4.90 Å². The molecule has 0 radical (unpaired) electrons. The number of aromatic nitrogens is 1. The van der Waals surface area contributed by atoms with Crippen LogP contribution in [0.4, 0.5) is 9.52 Å². The second-order valence-corrected chi connectivity index (χ2v) is 7.99. The summed E-state index contributed by atoms with van der Waals surface area (Å²) in [6.07, 6.45) is 0. The molecule has 0 aliphatic carbocycles. The third-order valence-electron chi connectivity index (χ3n) is 4.83. The van der Waals surface area contributed by atoms with Crippen molar-refractivity contribution in [2.45, 2.75) is 13.0 Å². The van der Waals surface area contributed by atoms with Gasteiger partial charge in [-0.2, -0.15) is 0 Å². The fourth-order valence-corrected chi connectivity index (χ4v) is 4.55. The van der Waals surface area contributed by atoms with Gasteiger partial charge in [-0.15, -0.1) is 11.3 Å². The smallest absolute Gasteiger partial charge is 0.297 e. The molecule has 0 saturated heterocycles. The lowest BCUT2D eigenvalue weighted by Gasteiger charge is -2.22. The van der Waals surface area contributed by atoms with Gasteiger partial charge in [-0.3, -0.25) is 14.5 Å². The first kappa shape index (κ1) is 18.0. The third kappa shape index (κ3) is 2.77. The summed E-state index contributed by atoms with van der Waals surface area (Å²) >= 11 is 7.35. The van der Waals surface area contributed by atoms with E-state index in [4.69, 9.17) is 16.0 Å². The normalized spacial score (nSPS) is 15.9. The molecule has 1 atom stereocenters. The summed E-state index contributed by atoms with van der Waals surface area (Å²) in [7, 11) is 0. The predicted molar refractivity (Wildman–Crippen MR) is 109 cm³/mol. The van der Waals surface area contributed by atoms with E-state index in [1.807, 2.05) is 12.3 Å². The van der Waals surface area contributed by atoms with Gasteiger partial charge in [0.15, 0.2) is 10.6 Å². The number of carbonyl (C=O) groups excluding carboxylic acids is 1. The summed E-state index contributed by atoms with van der Waals surface area (Å²) in [5.74, 6) is -0.906. The van der Waals surface area contributed by atoms with Crippen LogP contribution >= 0.6 is 22.9 Å². The maximum Gasteiger partial charge on any atom is 0.297 e. The molecule has 4 aromatic rings. The number of aryl methyl sites for hydroxylation is 1. The van der Waals surface area contributed by atoms with Crippen molar-refractivity contribution in [1.82, 2.24) is 4.98 Å². The summed E-state index contributed by atoms with van der Waals surface area (Å²) in [5.41, 5.74) is 1.47. The Morgan fingerprint density at radius 2 is 1.93 bits per heavy atom. The van der Waals surface area contributed by atoms with Crippen molar-refractivity contribution in [3.05, 3.63) is 91.5 Å². The minimum absolute atomic E-state index is 0.0352. The monoisotopic (exact) mass is 426 g/mol. The van der Waals surface area contributed by atoms with E-state index in [9.17, 15) is 14.0 Å². The van der Waals surface area contributed by atoms with E-state index in [0.717, 1.165) is 5.69 Å². The molecule has 1 aliphatic heterocycles. The lowest BCUT2D eigenvalue weighted by Crippen LogP contribution is -2.29. The first-order valence-corrected chi connectivity index (χ1v) is 9.97. The number of benzene rings is 2. The lowest BCUT2D eigenvalue weighted by molar-refractivity contribution is 0.0971. The first-order valence-electron chi connectivity index (χ1n) is 8.71. The van der Waals surface area contributed by atoms with E-state index >= 15 is 0 Å². The highest BCUT2D eigenvalue weighted by atomic mass is 35.5. The average molecular weight is 427 g/mol. The van der Waals surface area contributed by atoms with Crippen LogP contribution in [0.25, 0.3) is 11.0 Å². The van der Waals surface area contributed by atoms with Crippen LogP contribution in [-0.4, -0.2) is 10.9 Å². The first-order chi connectivity index (χ1) is 13.9. The van der Waals surface area contributed by atoms with Crippen molar-refractivity contribution in [3.8, 4) is 0 Å². The van der Waals surface area contributed by atoms with E-state index in [0.29, 0.717) is 15.7 Å². The zero-order valence-electron chi connectivity index (χ0n) is 15.0. The lowest BCUT2D eigenvalue weighted by atomic mass is 9.99. The van der Waals surface area contributed by atoms with Crippen LogP contribution in [0, 0.1) is 12.7 Å². The van der Waals surface area contributed by atoms with Crippen LogP contribution in [0.5, 0.6) is 0 Å². The number of thiazole rings is 1. The minimum Gasteiger partial charge on any atom is -0.450 e. The largest absolute Gasteiger partial charge is 0.450 e. The van der Waals surface area contributed by atoms with Gasteiger partial charge < -0.3 is 4.42 Å². The number of rotatable bonds is 2. The molecule has 29 heavy (non-hydrogen) atoms. The number of hydrogen-bond donors (Lipinski definition) is 0. The molecule has 3 heterocycles. The van der Waals surface area contributed by atoms with Gasteiger partial charge in [-0.25, -0.2) is 9.37 Å². The molecule has 1 aliphatic rings. The average Bonchev–Trinajstić information content (AvgIpc) is 3.25. The highest BCUT2D eigenvalue weighted by Gasteiger charge is 2.44.